The lowest BCUT2D eigenvalue weighted by Crippen LogP contribution is -2.30. The van der Waals surface area contributed by atoms with E-state index in [1.165, 1.54) is 12.0 Å². The van der Waals surface area contributed by atoms with Crippen LogP contribution in [-0.4, -0.2) is 19.1 Å². The van der Waals surface area contributed by atoms with E-state index >= 15 is 0 Å². The van der Waals surface area contributed by atoms with Crippen molar-refractivity contribution < 1.29 is 9.53 Å². The normalized spacial score (nSPS) is 14.5. The van der Waals surface area contributed by atoms with Crippen LogP contribution in [0.3, 0.4) is 0 Å². The number of carbonyl (C=O) groups excluding carboxylic acids is 1. The molecule has 0 aliphatic carbocycles. The summed E-state index contributed by atoms with van der Waals surface area (Å²) in [5, 5.41) is 3.33. The summed E-state index contributed by atoms with van der Waals surface area (Å²) in [6.45, 7) is 4.01. The van der Waals surface area contributed by atoms with E-state index in [-0.39, 0.29) is 18.1 Å². The van der Waals surface area contributed by atoms with Gasteiger partial charge in [-0.1, -0.05) is 11.6 Å². The largest absolute Gasteiger partial charge is 0.469 e. The lowest BCUT2D eigenvalue weighted by atomic mass is 10.2. The highest BCUT2D eigenvalue weighted by atomic mass is 35.5. The lowest BCUT2D eigenvalue weighted by Gasteiger charge is -2.17. The summed E-state index contributed by atoms with van der Waals surface area (Å²) in [6, 6.07) is 4.15. The Kier molecular flexibility index (Phi) is 5.25. The van der Waals surface area contributed by atoms with Crippen LogP contribution in [0.1, 0.15) is 31.2 Å². The van der Waals surface area contributed by atoms with Gasteiger partial charge < -0.3 is 10.1 Å². The van der Waals surface area contributed by atoms with Crippen LogP contribution in [0.15, 0.2) is 12.1 Å². The van der Waals surface area contributed by atoms with Gasteiger partial charge in [-0.05, 0) is 26.0 Å². The predicted octanol–water partition coefficient (Wildman–Crippen LogP) is 3.00. The van der Waals surface area contributed by atoms with Gasteiger partial charge in [0.2, 0.25) is 0 Å². The topological polar surface area (TPSA) is 38.3 Å². The molecular weight excluding hydrogens is 246 g/mol. The van der Waals surface area contributed by atoms with Gasteiger partial charge in [0, 0.05) is 17.0 Å². The minimum atomic E-state index is -0.198. The van der Waals surface area contributed by atoms with Crippen molar-refractivity contribution in [1.82, 2.24) is 5.32 Å². The summed E-state index contributed by atoms with van der Waals surface area (Å²) in [6.07, 6.45) is 0.375. The van der Waals surface area contributed by atoms with Gasteiger partial charge in [0.1, 0.15) is 0 Å². The molecule has 0 aliphatic rings. The van der Waals surface area contributed by atoms with E-state index in [1.54, 1.807) is 11.3 Å². The molecule has 0 spiro atoms. The van der Waals surface area contributed by atoms with Crippen molar-refractivity contribution in [3.63, 3.8) is 0 Å². The minimum absolute atomic E-state index is 0.0864. The molecular formula is C11H16ClNO2S. The molecule has 3 nitrogen and oxygen atoms in total. The zero-order chi connectivity index (χ0) is 12.1. The fraction of sp³-hybridized carbons (Fsp3) is 0.545. The third-order valence-electron chi connectivity index (χ3n) is 2.26. The van der Waals surface area contributed by atoms with Crippen LogP contribution in [0.4, 0.5) is 0 Å². The zero-order valence-corrected chi connectivity index (χ0v) is 11.2. The maximum Gasteiger partial charge on any atom is 0.307 e. The van der Waals surface area contributed by atoms with Crippen molar-refractivity contribution in [2.24, 2.45) is 0 Å². The van der Waals surface area contributed by atoms with E-state index in [4.69, 9.17) is 11.6 Å². The zero-order valence-electron chi connectivity index (χ0n) is 9.62. The molecule has 2 unspecified atom stereocenters. The summed E-state index contributed by atoms with van der Waals surface area (Å²) in [7, 11) is 1.40. The van der Waals surface area contributed by atoms with Gasteiger partial charge in [-0.15, -0.1) is 11.3 Å². The average Bonchev–Trinajstić information content (AvgIpc) is 2.64. The number of halogens is 1. The Balaban J connectivity index is 2.45. The number of esters is 1. The van der Waals surface area contributed by atoms with Crippen molar-refractivity contribution in [2.45, 2.75) is 32.4 Å². The number of nitrogens with one attached hydrogen (secondary N) is 1. The SMILES string of the molecule is COC(=O)CC(C)NC(C)c1ccc(Cl)s1. The van der Waals surface area contributed by atoms with Crippen LogP contribution in [-0.2, 0) is 9.53 Å². The molecule has 0 fully saturated rings. The minimum Gasteiger partial charge on any atom is -0.469 e. The number of thiophene rings is 1. The van der Waals surface area contributed by atoms with E-state index in [0.717, 1.165) is 4.34 Å². The molecule has 1 rings (SSSR count). The maximum absolute atomic E-state index is 11.1. The molecule has 1 aromatic heterocycles. The Bertz CT molecular complexity index is 354. The summed E-state index contributed by atoms with van der Waals surface area (Å²) in [4.78, 5) is 12.2. The predicted molar refractivity (Wildman–Crippen MR) is 67.0 cm³/mol. The van der Waals surface area contributed by atoms with Crippen molar-refractivity contribution in [3.8, 4) is 0 Å². The third kappa shape index (κ3) is 4.12. The van der Waals surface area contributed by atoms with E-state index < -0.39 is 0 Å². The highest BCUT2D eigenvalue weighted by Crippen LogP contribution is 2.26. The first-order valence-corrected chi connectivity index (χ1v) is 6.30. The summed E-state index contributed by atoms with van der Waals surface area (Å²) < 4.78 is 5.40. The van der Waals surface area contributed by atoms with E-state index in [9.17, 15) is 4.79 Å². The molecule has 0 aliphatic heterocycles. The molecule has 1 aromatic rings. The third-order valence-corrected chi connectivity index (χ3v) is 3.67. The standard InChI is InChI=1S/C11H16ClNO2S/c1-7(6-11(14)15-3)13-8(2)9-4-5-10(12)16-9/h4-5,7-8,13H,6H2,1-3H3. The fourth-order valence-corrected chi connectivity index (χ4v) is 2.53. The Hall–Kier alpha value is -0.580. The van der Waals surface area contributed by atoms with E-state index in [0.29, 0.717) is 6.42 Å². The molecule has 0 saturated heterocycles. The number of hydrogen-bond donors (Lipinski definition) is 1. The summed E-state index contributed by atoms with van der Waals surface area (Å²) >= 11 is 7.41. The van der Waals surface area contributed by atoms with Gasteiger partial charge in [-0.2, -0.15) is 0 Å². The van der Waals surface area contributed by atoms with Crippen molar-refractivity contribution in [1.29, 1.82) is 0 Å². The molecule has 16 heavy (non-hydrogen) atoms. The second kappa shape index (κ2) is 6.23. The molecule has 0 amide bonds. The molecule has 2 atom stereocenters. The fourth-order valence-electron chi connectivity index (χ4n) is 1.46. The molecule has 1 N–H and O–H groups in total. The first kappa shape index (κ1) is 13.5. The molecule has 1 heterocycles. The van der Waals surface area contributed by atoms with Crippen LogP contribution in [0.25, 0.3) is 0 Å². The summed E-state index contributed by atoms with van der Waals surface area (Å²) in [5.74, 6) is -0.198. The van der Waals surface area contributed by atoms with Gasteiger partial charge >= 0.3 is 5.97 Å². The number of methoxy groups -OCH3 is 1. The second-order valence-electron chi connectivity index (χ2n) is 3.71. The van der Waals surface area contributed by atoms with Gasteiger partial charge in [0.25, 0.3) is 0 Å². The number of ether oxygens (including phenoxy) is 1. The van der Waals surface area contributed by atoms with Gasteiger partial charge in [0.15, 0.2) is 0 Å². The molecule has 90 valence electrons. The van der Waals surface area contributed by atoms with Crippen LogP contribution in [0, 0.1) is 0 Å². The first-order valence-electron chi connectivity index (χ1n) is 5.11. The quantitative estimate of drug-likeness (QED) is 0.828. The smallest absolute Gasteiger partial charge is 0.307 e. The van der Waals surface area contributed by atoms with E-state index in [2.05, 4.69) is 17.0 Å². The Labute approximate surface area is 105 Å². The Morgan fingerprint density at radius 1 is 1.56 bits per heavy atom. The second-order valence-corrected chi connectivity index (χ2v) is 5.46. The highest BCUT2D eigenvalue weighted by molar-refractivity contribution is 7.16. The van der Waals surface area contributed by atoms with Crippen LogP contribution in [0.2, 0.25) is 4.34 Å². The monoisotopic (exact) mass is 261 g/mol. The van der Waals surface area contributed by atoms with Crippen molar-refractivity contribution >= 4 is 28.9 Å². The summed E-state index contributed by atoms with van der Waals surface area (Å²) in [5.41, 5.74) is 0. The van der Waals surface area contributed by atoms with Crippen LogP contribution in [0.5, 0.6) is 0 Å². The van der Waals surface area contributed by atoms with Crippen molar-refractivity contribution in [2.75, 3.05) is 7.11 Å². The molecule has 0 radical (unpaired) electrons. The molecule has 0 saturated carbocycles. The average molecular weight is 262 g/mol. The highest BCUT2D eigenvalue weighted by Gasteiger charge is 2.14. The van der Waals surface area contributed by atoms with Gasteiger partial charge in [0.05, 0.1) is 17.9 Å². The molecule has 0 aromatic carbocycles. The molecule has 5 heteroatoms. The Morgan fingerprint density at radius 2 is 2.25 bits per heavy atom. The first-order chi connectivity index (χ1) is 7.52. The molecule has 0 bridgehead atoms. The van der Waals surface area contributed by atoms with Crippen molar-refractivity contribution in [3.05, 3.63) is 21.3 Å². The maximum atomic E-state index is 11.1. The lowest BCUT2D eigenvalue weighted by molar-refractivity contribution is -0.141. The van der Waals surface area contributed by atoms with Gasteiger partial charge in [-0.3, -0.25) is 4.79 Å². The van der Waals surface area contributed by atoms with E-state index in [1.807, 2.05) is 19.1 Å². The van der Waals surface area contributed by atoms with Crippen LogP contribution >= 0.6 is 22.9 Å². The number of rotatable bonds is 5. The van der Waals surface area contributed by atoms with Crippen LogP contribution < -0.4 is 5.32 Å². The number of hydrogen-bond acceptors (Lipinski definition) is 4. The Morgan fingerprint density at radius 3 is 2.75 bits per heavy atom. The number of carbonyl (C=O) groups is 1. The van der Waals surface area contributed by atoms with Gasteiger partial charge in [-0.25, -0.2) is 0 Å².